The van der Waals surface area contributed by atoms with Crippen molar-refractivity contribution in [2.45, 2.75) is 221 Å². The number of halogens is 4. The molecule has 3 aliphatic carbocycles. The number of hydrogen-bond donors (Lipinski definition) is 5. The van der Waals surface area contributed by atoms with Crippen LogP contribution in [-0.4, -0.2) is 116 Å². The van der Waals surface area contributed by atoms with Crippen molar-refractivity contribution >= 4 is 122 Å². The van der Waals surface area contributed by atoms with E-state index in [1.165, 1.54) is 48.8 Å². The second kappa shape index (κ2) is 41.1. The van der Waals surface area contributed by atoms with Crippen LogP contribution in [0.3, 0.4) is 0 Å². The van der Waals surface area contributed by atoms with Gasteiger partial charge in [0.15, 0.2) is 5.60 Å². The number of hydrogen-bond acceptors (Lipinski definition) is 15. The number of benzene rings is 5. The lowest BCUT2D eigenvalue weighted by Gasteiger charge is -2.62. The highest BCUT2D eigenvalue weighted by molar-refractivity contribution is 9.11. The number of allylic oxidation sites excluding steroid dienone is 2. The molecule has 4 unspecified atom stereocenters. The van der Waals surface area contributed by atoms with Crippen LogP contribution in [0.5, 0.6) is 0 Å². The van der Waals surface area contributed by atoms with Gasteiger partial charge in [-0.3, -0.25) is 4.79 Å². The number of carbonyl (C=O) groups excluding carboxylic acids is 3. The molecule has 2 fully saturated rings. The largest absolute Gasteiger partial charge is 0.492 e. The third kappa shape index (κ3) is 25.0. The molecule has 15 nitrogen and oxygen atoms in total. The highest BCUT2D eigenvalue weighted by Crippen LogP contribution is 2.65. The maximum Gasteiger partial charge on any atom is 0.489 e. The molecule has 1 saturated heterocycles. The summed E-state index contributed by atoms with van der Waals surface area (Å²) in [5, 5.41) is 48.8. The molecule has 5 aromatic carbocycles. The molecule has 0 aromatic heterocycles. The molecule has 111 heavy (non-hydrogen) atoms. The van der Waals surface area contributed by atoms with Gasteiger partial charge < -0.3 is 48.9 Å². The first-order valence-electron chi connectivity index (χ1n) is 39.0. The van der Waals surface area contributed by atoms with E-state index in [1.54, 1.807) is 92.8 Å². The number of ketones is 1. The van der Waals surface area contributed by atoms with Gasteiger partial charge in [-0.1, -0.05) is 269 Å². The molecule has 11 rings (SSSR count). The van der Waals surface area contributed by atoms with Gasteiger partial charge in [-0.05, 0) is 166 Å². The highest BCUT2D eigenvalue weighted by atomic mass is 79.9. The van der Waals surface area contributed by atoms with E-state index < -0.39 is 48.5 Å². The van der Waals surface area contributed by atoms with Gasteiger partial charge in [0, 0.05) is 81.7 Å². The Balaban J connectivity index is 0.000000248. The number of aliphatic hydroxyl groups excluding tert-OH is 1. The van der Waals surface area contributed by atoms with E-state index in [2.05, 4.69) is 149 Å². The average molecular weight is 1760 g/mol. The van der Waals surface area contributed by atoms with Crippen LogP contribution < -0.4 is 10.9 Å². The lowest BCUT2D eigenvalue weighted by Crippen LogP contribution is -2.73. The van der Waals surface area contributed by atoms with Gasteiger partial charge in [-0.15, -0.1) is 8.58 Å². The fourth-order valence-electron chi connectivity index (χ4n) is 16.5. The molecule has 3 aliphatic heterocycles. The summed E-state index contributed by atoms with van der Waals surface area (Å²) < 4.78 is 31.4. The van der Waals surface area contributed by atoms with E-state index in [-0.39, 0.29) is 63.4 Å². The normalized spacial score (nSPS) is 20.6. The van der Waals surface area contributed by atoms with E-state index in [0.29, 0.717) is 40.1 Å². The number of esters is 2. The Hall–Kier alpha value is -4.50. The molecule has 0 amide bonds. The van der Waals surface area contributed by atoms with Crippen molar-refractivity contribution in [2.24, 2.45) is 55.7 Å². The third-order valence-corrected chi connectivity index (χ3v) is 22.6. The second-order valence-corrected chi connectivity index (χ2v) is 39.8. The number of ether oxygens (including phenoxy) is 5. The monoisotopic (exact) mass is 1760 g/mol. The zero-order chi connectivity index (χ0) is 83.8. The van der Waals surface area contributed by atoms with Crippen LogP contribution in [0.4, 0.5) is 0 Å². The summed E-state index contributed by atoms with van der Waals surface area (Å²) in [6.07, 6.45) is 9.87. The van der Waals surface area contributed by atoms with Crippen molar-refractivity contribution in [2.75, 3.05) is 46.9 Å². The van der Waals surface area contributed by atoms with Gasteiger partial charge in [0.25, 0.3) is 5.79 Å². The molecule has 1 saturated carbocycles. The number of methoxy groups -OCH3 is 1. The maximum absolute atomic E-state index is 12.0. The van der Waals surface area contributed by atoms with Crippen molar-refractivity contribution in [1.82, 2.24) is 0 Å². The van der Waals surface area contributed by atoms with E-state index in [0.717, 1.165) is 76.9 Å². The molecule has 22 heteroatoms. The smallest absolute Gasteiger partial charge is 0.489 e. The summed E-state index contributed by atoms with van der Waals surface area (Å²) in [7, 11) is -0.374. The molecule has 612 valence electrons. The predicted octanol–water partition coefficient (Wildman–Crippen LogP) is 20.9. The van der Waals surface area contributed by atoms with Crippen LogP contribution in [0.1, 0.15) is 241 Å². The summed E-state index contributed by atoms with van der Waals surface area (Å²) in [4.78, 5) is 47.8. The summed E-state index contributed by atoms with van der Waals surface area (Å²) in [5.41, 5.74) is 8.70. The van der Waals surface area contributed by atoms with Crippen LogP contribution >= 0.6 is 68.0 Å². The molecule has 6 aliphatic rings. The van der Waals surface area contributed by atoms with Gasteiger partial charge in [0.2, 0.25) is 0 Å². The molecule has 5 N–H and O–H groups in total. The predicted molar refractivity (Wildman–Crippen MR) is 466 cm³/mol. The Labute approximate surface area is 697 Å². The van der Waals surface area contributed by atoms with Crippen LogP contribution in [0.2, 0.25) is 5.02 Å². The van der Waals surface area contributed by atoms with Gasteiger partial charge in [0.05, 0.1) is 42.5 Å². The van der Waals surface area contributed by atoms with Crippen LogP contribution in [-0.2, 0) is 44.0 Å². The van der Waals surface area contributed by atoms with Crippen LogP contribution in [0.25, 0.3) is 11.5 Å². The fourth-order valence-corrected chi connectivity index (χ4v) is 17.9. The number of Topliss-reactive ketones (excluding diaryl/α,β-unsaturated/α-hetero) is 1. The Kier molecular flexibility index (Phi) is 35.9. The number of aliphatic hydroxyl groups is 1. The van der Waals surface area contributed by atoms with Crippen LogP contribution in [0.15, 0.2) is 151 Å². The average Bonchev–Trinajstić information content (AvgIpc) is 1.64. The molecule has 4 atom stereocenters. The van der Waals surface area contributed by atoms with Gasteiger partial charge in [-0.25, -0.2) is 14.5 Å². The molecular formula is C89H127B2Br3ClO15P. The first-order valence-corrected chi connectivity index (χ1v) is 43.7. The van der Waals surface area contributed by atoms with E-state index in [9.17, 15) is 39.6 Å². The first kappa shape index (κ1) is 97.1. The maximum atomic E-state index is 12.0. The van der Waals surface area contributed by atoms with Crippen molar-refractivity contribution in [3.8, 4) is 0 Å². The Bertz CT molecular complexity index is 4000. The van der Waals surface area contributed by atoms with Crippen molar-refractivity contribution < 1.29 is 73.0 Å². The minimum absolute atomic E-state index is 0.00314. The summed E-state index contributed by atoms with van der Waals surface area (Å²) >= 11 is 16.3. The lowest BCUT2D eigenvalue weighted by atomic mass is 9.60. The molecule has 5 aromatic rings. The summed E-state index contributed by atoms with van der Waals surface area (Å²) in [5.74, 6) is 0.753. The van der Waals surface area contributed by atoms with Crippen molar-refractivity contribution in [3.05, 3.63) is 184 Å². The Morgan fingerprint density at radius 3 is 1.41 bits per heavy atom. The topological polar surface area (TPSA) is 217 Å². The van der Waals surface area contributed by atoms with Crippen molar-refractivity contribution in [1.29, 1.82) is 0 Å². The third-order valence-electron chi connectivity index (χ3n) is 20.8. The van der Waals surface area contributed by atoms with E-state index >= 15 is 0 Å². The summed E-state index contributed by atoms with van der Waals surface area (Å²) in [6.45, 7) is 49.2. The zero-order valence-electron chi connectivity index (χ0n) is 70.5. The Morgan fingerprint density at radius 1 is 0.595 bits per heavy atom. The van der Waals surface area contributed by atoms with Crippen LogP contribution in [0, 0.1) is 55.7 Å². The minimum atomic E-state index is -1.66. The van der Waals surface area contributed by atoms with E-state index in [4.69, 9.17) is 45.1 Å². The fraction of sp³-hybridized carbons (Fsp3) is 0.562. The minimum Gasteiger partial charge on any atom is -0.492 e. The first-order chi connectivity index (χ1) is 51.5. The lowest BCUT2D eigenvalue weighted by molar-refractivity contribution is -0.639. The van der Waals surface area contributed by atoms with Gasteiger partial charge >= 0.3 is 26.2 Å². The highest BCUT2D eigenvalue weighted by Gasteiger charge is 2.74. The zero-order valence-corrected chi connectivity index (χ0v) is 77.0. The summed E-state index contributed by atoms with van der Waals surface area (Å²) in [6, 6.07) is 34.9. The van der Waals surface area contributed by atoms with E-state index in [1.807, 2.05) is 98.7 Å². The molecular weight excluding hydrogens is 1640 g/mol. The quantitative estimate of drug-likeness (QED) is 0.0217. The number of rotatable bonds is 15. The SMILES string of the molecule is CC.CC(C)(C)C(O)C(C)(C)COC(=O)c1cccc(Br)c1.CC(C)(C)C1=C(c2cccc(B(O)O)c2)OCC1(C)C.CC(C)(C)C1=C(c2cccc(Br)c2)OCC1(C)C.CC(C)C(=O)C(C)(C)COC(=O)c1cccc(Br)c1.COC1(c2ccc(Cl)c(B(O)O)c2)OOC12C1CCCC2CC2=C(CCCC2)C1.CPC. The number of carbonyl (C=O) groups is 3. The van der Waals surface area contributed by atoms with Crippen molar-refractivity contribution in [3.63, 3.8) is 0 Å². The molecule has 0 radical (unpaired) electrons. The standard InChI is InChI=1S/C22H28BClO5.C16H23BO3.C16H23BrO3.C16H21BrO.C15H19BrO3.C2H7P.C2H6/c1-27-22(18-9-10-20(24)19(13-18)23(25)26)21(28-29-22)16-7-4-8-17(21)12-15-6-3-2-5-14(15)11-16;1-15(2,3)14-13(20-10-16(14,4)5)11-7-6-8-12(9-11)17(18)19;1-15(2,3)14(19)16(4,5)10-20-13(18)11-7-6-8-12(17)9-11;1-15(2,3)14-13(18-10-16(14,4)5)11-7-6-8-12(17)9-11;1-10(2)13(17)15(3,4)9-19-14(18)11-6-5-7-12(16)8-11;1-3-2;1-2/h9-10,13,16-17,25-26H,2-8,11-12H2,1H3;6-9,18-19H,10H2,1-5H3;6-9,14,19H,10H2,1-5H3;6-9H,10H2,1-5H3;5-8,10H,9H2,1-4H3;3H,1-2H3;1-2H3. The molecule has 1 spiro atoms. The van der Waals surface area contributed by atoms with Gasteiger partial charge in [-0.2, -0.15) is 4.89 Å². The molecule has 3 heterocycles. The second-order valence-electron chi connectivity index (χ2n) is 35.6. The molecule has 2 bridgehead atoms. The van der Waals surface area contributed by atoms with Gasteiger partial charge in [0.1, 0.15) is 23.9 Å². The Morgan fingerprint density at radius 2 is 1.03 bits per heavy atom.